The van der Waals surface area contributed by atoms with Crippen molar-refractivity contribution in [3.8, 4) is 0 Å². The van der Waals surface area contributed by atoms with E-state index in [0.29, 0.717) is 24.2 Å². The Kier molecular flexibility index (Phi) is 4.56. The molecule has 2 aromatic rings. The monoisotopic (exact) mass is 346 g/mol. The van der Waals surface area contributed by atoms with E-state index in [0.717, 1.165) is 0 Å². The average molecular weight is 347 g/mol. The molecule has 2 N–H and O–H groups in total. The van der Waals surface area contributed by atoms with Crippen LogP contribution in [0.2, 0.25) is 0 Å². The van der Waals surface area contributed by atoms with Crippen LogP contribution in [-0.2, 0) is 12.8 Å². The number of benzene rings is 2. The highest BCUT2D eigenvalue weighted by molar-refractivity contribution is 5.35. The molecule has 3 aliphatic rings. The zero-order valence-electron chi connectivity index (χ0n) is 15.6. The molecule has 2 nitrogen and oxygen atoms in total. The fourth-order valence-corrected chi connectivity index (χ4v) is 5.51. The van der Waals surface area contributed by atoms with E-state index in [-0.39, 0.29) is 0 Å². The largest absolute Gasteiger partial charge is 0.306 e. The molecule has 2 heteroatoms. The third-order valence-corrected chi connectivity index (χ3v) is 6.86. The van der Waals surface area contributed by atoms with Gasteiger partial charge in [0.2, 0.25) is 0 Å². The Morgan fingerprint density at radius 3 is 1.54 bits per heavy atom. The highest BCUT2D eigenvalue weighted by atomic mass is 15.1. The lowest BCUT2D eigenvalue weighted by atomic mass is 9.88. The summed E-state index contributed by atoms with van der Waals surface area (Å²) in [5, 5.41) is 8.12. The maximum absolute atomic E-state index is 4.06. The Morgan fingerprint density at radius 2 is 1.04 bits per heavy atom. The minimum Gasteiger partial charge on any atom is -0.306 e. The lowest BCUT2D eigenvalue weighted by molar-refractivity contribution is 0.245. The maximum atomic E-state index is 4.06. The number of hydrogen-bond acceptors (Lipinski definition) is 2. The standard InChI is InChI=1S/C24H30N2/c1-3-9-19-17(7-1)13-15-21(19)25-23-11-5-6-12-24(23)26-22-16-14-18-8-2-4-10-20(18)22/h1-4,7-10,21-26H,5-6,11-16H2/t21?,22?,23-,24-/m0/s1. The minimum atomic E-state index is 0.550. The summed E-state index contributed by atoms with van der Waals surface area (Å²) >= 11 is 0. The lowest BCUT2D eigenvalue weighted by Gasteiger charge is -2.37. The molecule has 5 rings (SSSR count). The van der Waals surface area contributed by atoms with Gasteiger partial charge in [-0.3, -0.25) is 0 Å². The second-order valence-electron chi connectivity index (χ2n) is 8.41. The van der Waals surface area contributed by atoms with Crippen LogP contribution in [0.3, 0.4) is 0 Å². The van der Waals surface area contributed by atoms with E-state index in [1.165, 1.54) is 51.4 Å². The van der Waals surface area contributed by atoms with Gasteiger partial charge in [-0.25, -0.2) is 0 Å². The number of nitrogens with one attached hydrogen (secondary N) is 2. The third kappa shape index (κ3) is 3.10. The molecule has 1 fully saturated rings. The Bertz CT molecular complexity index is 703. The summed E-state index contributed by atoms with van der Waals surface area (Å²) in [6, 6.07) is 20.4. The number of rotatable bonds is 4. The summed E-state index contributed by atoms with van der Waals surface area (Å²) in [5.41, 5.74) is 6.19. The normalized spacial score (nSPS) is 30.2. The maximum Gasteiger partial charge on any atom is 0.0329 e. The first-order valence-corrected chi connectivity index (χ1v) is 10.6. The van der Waals surface area contributed by atoms with E-state index in [9.17, 15) is 0 Å². The number of fused-ring (bicyclic) bond motifs is 2. The minimum absolute atomic E-state index is 0.550. The van der Waals surface area contributed by atoms with Gasteiger partial charge >= 0.3 is 0 Å². The summed E-state index contributed by atoms with van der Waals surface area (Å²) in [5.74, 6) is 0. The molecular formula is C24H30N2. The molecule has 0 heterocycles. The molecule has 4 atom stereocenters. The molecule has 3 aliphatic carbocycles. The molecule has 0 saturated heterocycles. The van der Waals surface area contributed by atoms with E-state index in [1.807, 2.05) is 0 Å². The van der Waals surface area contributed by atoms with Crippen LogP contribution in [-0.4, -0.2) is 12.1 Å². The Labute approximate surface area is 157 Å². The van der Waals surface area contributed by atoms with Gasteiger partial charge in [-0.1, -0.05) is 61.4 Å². The predicted octanol–water partition coefficient (Wildman–Crippen LogP) is 4.85. The second-order valence-corrected chi connectivity index (χ2v) is 8.41. The van der Waals surface area contributed by atoms with Crippen molar-refractivity contribution < 1.29 is 0 Å². The van der Waals surface area contributed by atoms with Crippen LogP contribution >= 0.6 is 0 Å². The average Bonchev–Trinajstić information content (AvgIpc) is 3.28. The van der Waals surface area contributed by atoms with E-state index < -0.39 is 0 Å². The zero-order valence-corrected chi connectivity index (χ0v) is 15.6. The van der Waals surface area contributed by atoms with E-state index >= 15 is 0 Å². The van der Waals surface area contributed by atoms with E-state index in [2.05, 4.69) is 59.2 Å². The smallest absolute Gasteiger partial charge is 0.0329 e. The van der Waals surface area contributed by atoms with Gasteiger partial charge in [-0.05, 0) is 60.8 Å². The molecule has 0 bridgehead atoms. The summed E-state index contributed by atoms with van der Waals surface area (Å²) < 4.78 is 0. The molecule has 2 aromatic carbocycles. The van der Waals surface area contributed by atoms with Crippen LogP contribution in [0.5, 0.6) is 0 Å². The molecule has 0 amide bonds. The van der Waals surface area contributed by atoms with Crippen LogP contribution in [0, 0.1) is 0 Å². The third-order valence-electron chi connectivity index (χ3n) is 6.86. The van der Waals surface area contributed by atoms with Gasteiger partial charge in [0.1, 0.15) is 0 Å². The summed E-state index contributed by atoms with van der Waals surface area (Å²) in [4.78, 5) is 0. The molecule has 0 aromatic heterocycles. The first-order valence-electron chi connectivity index (χ1n) is 10.6. The van der Waals surface area contributed by atoms with Gasteiger partial charge < -0.3 is 10.6 Å². The second kappa shape index (κ2) is 7.17. The van der Waals surface area contributed by atoms with Gasteiger partial charge in [0.25, 0.3) is 0 Å². The van der Waals surface area contributed by atoms with Gasteiger partial charge in [0, 0.05) is 24.2 Å². The summed E-state index contributed by atoms with van der Waals surface area (Å²) in [6.45, 7) is 0. The van der Waals surface area contributed by atoms with E-state index in [1.54, 1.807) is 22.3 Å². The van der Waals surface area contributed by atoms with Crippen molar-refractivity contribution in [2.45, 2.75) is 75.5 Å². The summed E-state index contributed by atoms with van der Waals surface area (Å²) in [6.07, 6.45) is 10.3. The fraction of sp³-hybridized carbons (Fsp3) is 0.500. The molecule has 0 radical (unpaired) electrons. The van der Waals surface area contributed by atoms with Crippen LogP contribution in [0.1, 0.15) is 72.9 Å². The molecular weight excluding hydrogens is 316 g/mol. The number of hydrogen-bond donors (Lipinski definition) is 2. The highest BCUT2D eigenvalue weighted by Gasteiger charge is 2.33. The van der Waals surface area contributed by atoms with Crippen LogP contribution in [0.25, 0.3) is 0 Å². The van der Waals surface area contributed by atoms with Gasteiger partial charge in [0.15, 0.2) is 0 Å². The van der Waals surface area contributed by atoms with Crippen LogP contribution in [0.15, 0.2) is 48.5 Å². The Morgan fingerprint density at radius 1 is 0.577 bits per heavy atom. The Hall–Kier alpha value is -1.64. The highest BCUT2D eigenvalue weighted by Crippen LogP contribution is 2.35. The van der Waals surface area contributed by atoms with Crippen LogP contribution < -0.4 is 10.6 Å². The van der Waals surface area contributed by atoms with Crippen molar-refractivity contribution in [1.82, 2.24) is 10.6 Å². The number of aryl methyl sites for hydroxylation is 2. The Balaban J connectivity index is 1.30. The van der Waals surface area contributed by atoms with Crippen molar-refractivity contribution in [3.63, 3.8) is 0 Å². The van der Waals surface area contributed by atoms with Gasteiger partial charge in [-0.2, -0.15) is 0 Å². The molecule has 2 unspecified atom stereocenters. The van der Waals surface area contributed by atoms with Crippen molar-refractivity contribution >= 4 is 0 Å². The lowest BCUT2D eigenvalue weighted by Crippen LogP contribution is -2.51. The van der Waals surface area contributed by atoms with Crippen LogP contribution in [0.4, 0.5) is 0 Å². The fourth-order valence-electron chi connectivity index (χ4n) is 5.51. The van der Waals surface area contributed by atoms with Crippen molar-refractivity contribution in [2.24, 2.45) is 0 Å². The van der Waals surface area contributed by atoms with Gasteiger partial charge in [0.05, 0.1) is 0 Å². The molecule has 0 spiro atoms. The molecule has 0 aliphatic heterocycles. The zero-order chi connectivity index (χ0) is 17.3. The SMILES string of the molecule is c1ccc2c(c1)CCC2N[C@H]1CCCC[C@@H]1NC1CCc2ccccc21. The topological polar surface area (TPSA) is 24.1 Å². The van der Waals surface area contributed by atoms with Crippen molar-refractivity contribution in [1.29, 1.82) is 0 Å². The molecule has 136 valence electrons. The van der Waals surface area contributed by atoms with Crippen molar-refractivity contribution in [3.05, 3.63) is 70.8 Å². The molecule has 1 saturated carbocycles. The first-order chi connectivity index (χ1) is 12.9. The predicted molar refractivity (Wildman–Crippen MR) is 107 cm³/mol. The van der Waals surface area contributed by atoms with Crippen molar-refractivity contribution in [2.75, 3.05) is 0 Å². The quantitative estimate of drug-likeness (QED) is 0.827. The molecule has 26 heavy (non-hydrogen) atoms. The first kappa shape index (κ1) is 16.5. The summed E-state index contributed by atoms with van der Waals surface area (Å²) in [7, 11) is 0. The van der Waals surface area contributed by atoms with E-state index in [4.69, 9.17) is 0 Å². The van der Waals surface area contributed by atoms with Gasteiger partial charge in [-0.15, -0.1) is 0 Å².